The Bertz CT molecular complexity index is 890. The monoisotopic (exact) mass is 414 g/mol. The molecule has 3 rings (SSSR count). The van der Waals surface area contributed by atoms with Crippen molar-refractivity contribution in [1.29, 1.82) is 0 Å². The van der Waals surface area contributed by atoms with Gasteiger partial charge < -0.3 is 4.74 Å². The summed E-state index contributed by atoms with van der Waals surface area (Å²) >= 11 is 0. The molecule has 0 fully saturated rings. The molecule has 30 heavy (non-hydrogen) atoms. The lowest BCUT2D eigenvalue weighted by molar-refractivity contribution is -0.385. The molecule has 1 heterocycles. The summed E-state index contributed by atoms with van der Waals surface area (Å²) in [6, 6.07) is 10.1. The molecule has 2 aromatic carbocycles. The van der Waals surface area contributed by atoms with Gasteiger partial charge in [0.2, 0.25) is 0 Å². The maximum Gasteiger partial charge on any atom is 0.334 e. The fourth-order valence-electron chi connectivity index (χ4n) is 2.92. The summed E-state index contributed by atoms with van der Waals surface area (Å²) in [5.74, 6) is -2.29. The van der Waals surface area contributed by atoms with Crippen LogP contribution in [0.25, 0.3) is 0 Å². The second kappa shape index (κ2) is 11.5. The third kappa shape index (κ3) is 4.71. The minimum absolute atomic E-state index is 0.000859. The summed E-state index contributed by atoms with van der Waals surface area (Å²) in [5.41, 5.74) is -0.164. The van der Waals surface area contributed by atoms with E-state index >= 15 is 0 Å². The van der Waals surface area contributed by atoms with E-state index in [1.807, 2.05) is 27.7 Å². The van der Waals surface area contributed by atoms with Crippen LogP contribution in [0.15, 0.2) is 48.5 Å². The Morgan fingerprint density at radius 3 is 1.90 bits per heavy atom. The highest BCUT2D eigenvalue weighted by Crippen LogP contribution is 2.36. The molecule has 0 saturated heterocycles. The lowest BCUT2D eigenvalue weighted by Crippen LogP contribution is -2.39. The molecule has 0 radical (unpaired) electrons. The molecule has 1 unspecified atom stereocenters. The second-order valence-corrected chi connectivity index (χ2v) is 5.50. The fraction of sp³-hybridized carbons (Fsp3) is 0.318. The number of carbonyl (C=O) groups excluding carboxylic acids is 3. The number of nitro groups is 1. The zero-order chi connectivity index (χ0) is 22.8. The molecule has 0 aromatic heterocycles. The van der Waals surface area contributed by atoms with Crippen molar-refractivity contribution in [3.63, 3.8) is 0 Å². The average Bonchev–Trinajstić information content (AvgIpc) is 3.03. The van der Waals surface area contributed by atoms with Crippen LogP contribution < -0.4 is 0 Å². The molecule has 0 aliphatic carbocycles. The standard InChI is InChI=1S/C18H14N2O6.2C2H6/c1-2-26-18(23)15(13-9-5-6-10-14(13)20(24)25)19-16(21)11-7-3-4-8-12(11)17(19)22;2*1-2/h3-10,15H,2H2,1H3;2*1-2H3. The van der Waals surface area contributed by atoms with E-state index in [0.717, 1.165) is 4.90 Å². The Labute approximate surface area is 175 Å². The Morgan fingerprint density at radius 2 is 1.43 bits per heavy atom. The summed E-state index contributed by atoms with van der Waals surface area (Å²) in [6.45, 7) is 9.57. The van der Waals surface area contributed by atoms with Gasteiger partial charge >= 0.3 is 5.97 Å². The van der Waals surface area contributed by atoms with Gasteiger partial charge in [-0.15, -0.1) is 0 Å². The van der Waals surface area contributed by atoms with Gasteiger partial charge in [-0.05, 0) is 25.1 Å². The van der Waals surface area contributed by atoms with Crippen molar-refractivity contribution < 1.29 is 24.0 Å². The first kappa shape index (κ1) is 24.5. The largest absolute Gasteiger partial charge is 0.464 e. The summed E-state index contributed by atoms with van der Waals surface area (Å²) in [7, 11) is 0. The van der Waals surface area contributed by atoms with Crippen LogP contribution >= 0.6 is 0 Å². The van der Waals surface area contributed by atoms with Gasteiger partial charge in [0.05, 0.1) is 28.2 Å². The van der Waals surface area contributed by atoms with E-state index in [2.05, 4.69) is 0 Å². The zero-order valence-corrected chi connectivity index (χ0v) is 17.7. The first-order chi connectivity index (χ1) is 14.5. The lowest BCUT2D eigenvalue weighted by atomic mass is 10.0. The minimum atomic E-state index is -1.54. The smallest absolute Gasteiger partial charge is 0.334 e. The third-order valence-corrected chi connectivity index (χ3v) is 4.02. The molecule has 1 aliphatic rings. The number of carbonyl (C=O) groups is 3. The SMILES string of the molecule is CC.CC.CCOC(=O)C(c1ccccc1[N+](=O)[O-])N1C(=O)c2ccccc2C1=O. The van der Waals surface area contributed by atoms with E-state index in [4.69, 9.17) is 4.74 Å². The van der Waals surface area contributed by atoms with Crippen molar-refractivity contribution >= 4 is 23.5 Å². The van der Waals surface area contributed by atoms with E-state index in [-0.39, 0.29) is 29.0 Å². The van der Waals surface area contributed by atoms with Gasteiger partial charge in [-0.3, -0.25) is 24.6 Å². The molecule has 2 amide bonds. The van der Waals surface area contributed by atoms with Gasteiger partial charge in [0, 0.05) is 6.07 Å². The van der Waals surface area contributed by atoms with Crippen LogP contribution in [0.5, 0.6) is 0 Å². The molecule has 2 aromatic rings. The second-order valence-electron chi connectivity index (χ2n) is 5.50. The average molecular weight is 414 g/mol. The molecule has 8 heteroatoms. The van der Waals surface area contributed by atoms with Crippen molar-refractivity contribution in [3.8, 4) is 0 Å². The van der Waals surface area contributed by atoms with E-state index in [1.165, 1.54) is 36.4 Å². The normalized spacial score (nSPS) is 12.6. The number of hydrogen-bond donors (Lipinski definition) is 0. The van der Waals surface area contributed by atoms with Crippen molar-refractivity contribution in [2.24, 2.45) is 0 Å². The van der Waals surface area contributed by atoms with E-state index in [9.17, 15) is 24.5 Å². The number of nitrogens with zero attached hydrogens (tertiary/aromatic N) is 2. The van der Waals surface area contributed by atoms with Crippen molar-refractivity contribution in [2.45, 2.75) is 40.7 Å². The van der Waals surface area contributed by atoms with Gasteiger partial charge in [0.25, 0.3) is 17.5 Å². The predicted molar refractivity (Wildman–Crippen MR) is 112 cm³/mol. The molecule has 160 valence electrons. The number of fused-ring (bicyclic) bond motifs is 1. The Balaban J connectivity index is 0.00000106. The Morgan fingerprint density at radius 1 is 0.967 bits per heavy atom. The summed E-state index contributed by atoms with van der Waals surface area (Å²) in [4.78, 5) is 49.5. The minimum Gasteiger partial charge on any atom is -0.464 e. The number of ether oxygens (including phenoxy) is 1. The first-order valence-electron chi connectivity index (χ1n) is 9.84. The number of nitro benzene ring substituents is 1. The molecular formula is C22H26N2O6. The van der Waals surface area contributed by atoms with Gasteiger partial charge in [0.15, 0.2) is 6.04 Å². The number of imide groups is 1. The van der Waals surface area contributed by atoms with Crippen LogP contribution in [0.3, 0.4) is 0 Å². The highest BCUT2D eigenvalue weighted by molar-refractivity contribution is 6.22. The topological polar surface area (TPSA) is 107 Å². The van der Waals surface area contributed by atoms with E-state index in [0.29, 0.717) is 0 Å². The lowest BCUT2D eigenvalue weighted by Gasteiger charge is -2.24. The zero-order valence-electron chi connectivity index (χ0n) is 17.7. The molecule has 0 saturated carbocycles. The van der Waals surface area contributed by atoms with E-state index < -0.39 is 28.7 Å². The van der Waals surface area contributed by atoms with Gasteiger partial charge in [0.1, 0.15) is 0 Å². The maximum atomic E-state index is 12.7. The van der Waals surface area contributed by atoms with Gasteiger partial charge in [-0.1, -0.05) is 52.0 Å². The van der Waals surface area contributed by atoms with Crippen molar-refractivity contribution in [2.75, 3.05) is 6.61 Å². The summed E-state index contributed by atoms with van der Waals surface area (Å²) in [5, 5.41) is 11.4. The number of benzene rings is 2. The van der Waals surface area contributed by atoms with Crippen molar-refractivity contribution in [3.05, 3.63) is 75.3 Å². The fourth-order valence-corrected chi connectivity index (χ4v) is 2.92. The van der Waals surface area contributed by atoms with Gasteiger partial charge in [-0.25, -0.2) is 4.79 Å². The van der Waals surface area contributed by atoms with Crippen LogP contribution in [0.4, 0.5) is 5.69 Å². The quantitative estimate of drug-likeness (QED) is 0.307. The number of esters is 1. The highest BCUT2D eigenvalue weighted by atomic mass is 16.6. The number of hydrogen-bond acceptors (Lipinski definition) is 6. The Kier molecular flexibility index (Phi) is 9.35. The molecule has 0 N–H and O–H groups in total. The molecule has 8 nitrogen and oxygen atoms in total. The van der Waals surface area contributed by atoms with Crippen LogP contribution in [-0.4, -0.2) is 34.2 Å². The number of amides is 2. The third-order valence-electron chi connectivity index (χ3n) is 4.02. The molecule has 1 atom stereocenters. The molecular weight excluding hydrogens is 388 g/mol. The van der Waals surface area contributed by atoms with Crippen LogP contribution in [0.2, 0.25) is 0 Å². The van der Waals surface area contributed by atoms with Crippen LogP contribution in [0.1, 0.15) is 66.9 Å². The number of rotatable bonds is 5. The number of para-hydroxylation sites is 1. The molecule has 1 aliphatic heterocycles. The predicted octanol–water partition coefficient (Wildman–Crippen LogP) is 4.55. The first-order valence-corrected chi connectivity index (χ1v) is 9.84. The summed E-state index contributed by atoms with van der Waals surface area (Å²) in [6.07, 6.45) is 0. The highest BCUT2D eigenvalue weighted by Gasteiger charge is 2.46. The Hall–Kier alpha value is -3.55. The van der Waals surface area contributed by atoms with Gasteiger partial charge in [-0.2, -0.15) is 0 Å². The van der Waals surface area contributed by atoms with Crippen LogP contribution in [0, 0.1) is 10.1 Å². The maximum absolute atomic E-state index is 12.7. The van der Waals surface area contributed by atoms with Crippen LogP contribution in [-0.2, 0) is 9.53 Å². The van der Waals surface area contributed by atoms with Crippen molar-refractivity contribution in [1.82, 2.24) is 4.90 Å². The summed E-state index contributed by atoms with van der Waals surface area (Å²) < 4.78 is 4.99. The van der Waals surface area contributed by atoms with E-state index in [1.54, 1.807) is 19.1 Å². The molecule has 0 spiro atoms. The molecule has 0 bridgehead atoms.